The van der Waals surface area contributed by atoms with Crippen LogP contribution in [0.5, 0.6) is 11.5 Å². The molecule has 0 unspecified atom stereocenters. The molecule has 0 atom stereocenters. The maximum atomic E-state index is 11.1. The quantitative estimate of drug-likeness (QED) is 0.299. The van der Waals surface area contributed by atoms with E-state index < -0.39 is 0 Å². The zero-order valence-corrected chi connectivity index (χ0v) is 17.1. The fraction of sp³-hybridized carbons (Fsp3) is 0.318. The van der Waals surface area contributed by atoms with Crippen molar-refractivity contribution in [2.75, 3.05) is 44.7 Å². The first kappa shape index (κ1) is 21.3. The van der Waals surface area contributed by atoms with Crippen LogP contribution < -0.4 is 14.4 Å². The largest absolute Gasteiger partial charge is 0.493 e. The molecular weight excluding hydrogens is 386 g/mol. The van der Waals surface area contributed by atoms with Crippen molar-refractivity contribution in [3.8, 4) is 11.5 Å². The highest BCUT2D eigenvalue weighted by Crippen LogP contribution is 2.28. The van der Waals surface area contributed by atoms with Gasteiger partial charge in [-0.3, -0.25) is 19.8 Å². The molecule has 1 fully saturated rings. The number of methoxy groups -OCH3 is 1. The van der Waals surface area contributed by atoms with Crippen molar-refractivity contribution < 1.29 is 19.2 Å². The second kappa shape index (κ2) is 9.89. The van der Waals surface area contributed by atoms with E-state index in [0.717, 1.165) is 44.0 Å². The van der Waals surface area contributed by atoms with Gasteiger partial charge in [0.15, 0.2) is 11.5 Å². The van der Waals surface area contributed by atoms with Gasteiger partial charge in [-0.2, -0.15) is 0 Å². The molecule has 0 aromatic heterocycles. The number of piperazine rings is 1. The number of anilines is 1. The molecule has 0 spiro atoms. The molecular formula is C22H25N3O5. The Balaban J connectivity index is 1.51. The summed E-state index contributed by atoms with van der Waals surface area (Å²) in [6, 6.07) is 12.1. The molecule has 1 saturated heterocycles. The number of nitro benzene ring substituents is 1. The Hall–Kier alpha value is -3.39. The van der Waals surface area contributed by atoms with Crippen molar-refractivity contribution in [1.29, 1.82) is 0 Å². The van der Waals surface area contributed by atoms with Crippen LogP contribution in [-0.4, -0.2) is 55.6 Å². The van der Waals surface area contributed by atoms with Crippen LogP contribution in [-0.2, 0) is 4.79 Å². The standard InChI is InChI=1S/C22H25N3O5/c1-17(26)30-21-10-5-18(16-22(21)29-2)4-3-11-23-12-14-24(15-13-23)19-6-8-20(9-7-19)25(27)28/h3-10,16H,11-15H2,1-2H3. The van der Waals surface area contributed by atoms with Gasteiger partial charge in [0.2, 0.25) is 0 Å². The van der Waals surface area contributed by atoms with Crippen molar-refractivity contribution in [2.24, 2.45) is 0 Å². The average Bonchev–Trinajstić information content (AvgIpc) is 2.75. The molecule has 30 heavy (non-hydrogen) atoms. The number of hydrogen-bond acceptors (Lipinski definition) is 7. The molecule has 8 heteroatoms. The summed E-state index contributed by atoms with van der Waals surface area (Å²) in [6.45, 7) is 5.75. The first-order chi connectivity index (χ1) is 14.5. The van der Waals surface area contributed by atoms with Gasteiger partial charge >= 0.3 is 5.97 Å². The van der Waals surface area contributed by atoms with Crippen molar-refractivity contribution in [3.63, 3.8) is 0 Å². The summed E-state index contributed by atoms with van der Waals surface area (Å²) in [4.78, 5) is 26.1. The highest BCUT2D eigenvalue weighted by molar-refractivity contribution is 5.71. The zero-order valence-electron chi connectivity index (χ0n) is 17.1. The summed E-state index contributed by atoms with van der Waals surface area (Å²) in [6.07, 6.45) is 4.12. The minimum atomic E-state index is -0.385. The highest BCUT2D eigenvalue weighted by Gasteiger charge is 2.17. The lowest BCUT2D eigenvalue weighted by Crippen LogP contribution is -2.46. The zero-order chi connectivity index (χ0) is 21.5. The number of nitrogens with zero attached hydrogens (tertiary/aromatic N) is 3. The number of rotatable bonds is 7. The molecule has 1 aliphatic rings. The van der Waals surface area contributed by atoms with E-state index in [9.17, 15) is 14.9 Å². The fourth-order valence-corrected chi connectivity index (χ4v) is 3.34. The summed E-state index contributed by atoms with van der Waals surface area (Å²) >= 11 is 0. The van der Waals surface area contributed by atoms with Crippen molar-refractivity contribution >= 4 is 23.4 Å². The summed E-state index contributed by atoms with van der Waals surface area (Å²) in [5.74, 6) is 0.540. The van der Waals surface area contributed by atoms with Gasteiger partial charge in [-0.15, -0.1) is 0 Å². The molecule has 0 radical (unpaired) electrons. The lowest BCUT2D eigenvalue weighted by Gasteiger charge is -2.35. The first-order valence-electron chi connectivity index (χ1n) is 9.71. The Kier molecular flexibility index (Phi) is 7.03. The minimum absolute atomic E-state index is 0.111. The van der Waals surface area contributed by atoms with E-state index in [4.69, 9.17) is 9.47 Å². The topological polar surface area (TPSA) is 85.2 Å². The Morgan fingerprint density at radius 1 is 1.10 bits per heavy atom. The Labute approximate surface area is 175 Å². The SMILES string of the molecule is COc1cc(C=CCN2CCN(c3ccc([N+](=O)[O-])cc3)CC2)ccc1OC(C)=O. The van der Waals surface area contributed by atoms with Gasteiger partial charge in [-0.1, -0.05) is 18.2 Å². The predicted octanol–water partition coefficient (Wildman–Crippen LogP) is 3.36. The number of carbonyl (C=O) groups is 1. The number of non-ortho nitro benzene ring substituents is 1. The van der Waals surface area contributed by atoms with Crippen molar-refractivity contribution in [3.05, 3.63) is 64.2 Å². The number of ether oxygens (including phenoxy) is 2. The third kappa shape index (κ3) is 5.57. The lowest BCUT2D eigenvalue weighted by molar-refractivity contribution is -0.384. The molecule has 158 valence electrons. The van der Waals surface area contributed by atoms with Crippen LogP contribution in [0.4, 0.5) is 11.4 Å². The molecule has 3 rings (SSSR count). The molecule has 0 amide bonds. The number of benzene rings is 2. The molecule has 2 aromatic carbocycles. The van der Waals surface area contributed by atoms with Gasteiger partial charge in [0, 0.05) is 57.5 Å². The molecule has 1 heterocycles. The second-order valence-corrected chi connectivity index (χ2v) is 6.97. The van der Waals surface area contributed by atoms with E-state index in [1.54, 1.807) is 37.4 Å². The third-order valence-electron chi connectivity index (χ3n) is 4.91. The van der Waals surface area contributed by atoms with Crippen molar-refractivity contribution in [2.45, 2.75) is 6.92 Å². The number of esters is 1. The Bertz CT molecular complexity index is 919. The molecule has 0 N–H and O–H groups in total. The highest BCUT2D eigenvalue weighted by atomic mass is 16.6. The molecule has 0 bridgehead atoms. The predicted molar refractivity (Wildman–Crippen MR) is 115 cm³/mol. The van der Waals surface area contributed by atoms with E-state index >= 15 is 0 Å². The number of hydrogen-bond donors (Lipinski definition) is 0. The van der Waals surface area contributed by atoms with E-state index in [1.165, 1.54) is 6.92 Å². The van der Waals surface area contributed by atoms with E-state index in [2.05, 4.69) is 15.9 Å². The van der Waals surface area contributed by atoms with Gasteiger partial charge in [0.25, 0.3) is 5.69 Å². The maximum Gasteiger partial charge on any atom is 0.308 e. The Morgan fingerprint density at radius 3 is 2.40 bits per heavy atom. The van der Waals surface area contributed by atoms with Gasteiger partial charge in [0.05, 0.1) is 12.0 Å². The number of nitro groups is 1. The molecule has 0 aliphatic carbocycles. The monoisotopic (exact) mass is 411 g/mol. The maximum absolute atomic E-state index is 11.1. The van der Waals surface area contributed by atoms with Gasteiger partial charge in [-0.25, -0.2) is 0 Å². The molecule has 8 nitrogen and oxygen atoms in total. The van der Waals surface area contributed by atoms with Gasteiger partial charge in [-0.05, 0) is 29.8 Å². The van der Waals surface area contributed by atoms with Gasteiger partial charge < -0.3 is 14.4 Å². The van der Waals surface area contributed by atoms with E-state index in [-0.39, 0.29) is 16.6 Å². The van der Waals surface area contributed by atoms with Crippen LogP contribution in [0.3, 0.4) is 0 Å². The average molecular weight is 411 g/mol. The summed E-state index contributed by atoms with van der Waals surface area (Å²) in [5, 5.41) is 10.8. The van der Waals surface area contributed by atoms with Gasteiger partial charge in [0.1, 0.15) is 0 Å². The summed E-state index contributed by atoms with van der Waals surface area (Å²) in [5.41, 5.74) is 2.09. The smallest absolute Gasteiger partial charge is 0.308 e. The van der Waals surface area contributed by atoms with Crippen LogP contribution in [0.1, 0.15) is 12.5 Å². The Morgan fingerprint density at radius 2 is 1.80 bits per heavy atom. The van der Waals surface area contributed by atoms with Crippen LogP contribution >= 0.6 is 0 Å². The molecule has 0 saturated carbocycles. The summed E-state index contributed by atoms with van der Waals surface area (Å²) < 4.78 is 10.4. The molecule has 1 aliphatic heterocycles. The van der Waals surface area contributed by atoms with Crippen LogP contribution in [0.2, 0.25) is 0 Å². The molecule has 2 aromatic rings. The fourth-order valence-electron chi connectivity index (χ4n) is 3.34. The van der Waals surface area contributed by atoms with Crippen LogP contribution in [0.15, 0.2) is 48.5 Å². The van der Waals surface area contributed by atoms with E-state index in [1.807, 2.05) is 18.2 Å². The minimum Gasteiger partial charge on any atom is -0.493 e. The second-order valence-electron chi connectivity index (χ2n) is 6.97. The first-order valence-corrected chi connectivity index (χ1v) is 9.71. The third-order valence-corrected chi connectivity index (χ3v) is 4.91. The lowest BCUT2D eigenvalue weighted by atomic mass is 10.2. The number of carbonyl (C=O) groups excluding carboxylic acids is 1. The van der Waals surface area contributed by atoms with Crippen LogP contribution in [0, 0.1) is 10.1 Å². The van der Waals surface area contributed by atoms with E-state index in [0.29, 0.717) is 11.5 Å². The normalized spacial score (nSPS) is 14.7. The van der Waals surface area contributed by atoms with Crippen LogP contribution in [0.25, 0.3) is 6.08 Å². The summed E-state index contributed by atoms with van der Waals surface area (Å²) in [7, 11) is 1.54. The van der Waals surface area contributed by atoms with Crippen molar-refractivity contribution in [1.82, 2.24) is 4.90 Å².